The highest BCUT2D eigenvalue weighted by Crippen LogP contribution is 2.52. The normalized spacial score (nSPS) is 16.1. The number of benzene rings is 2. The smallest absolute Gasteiger partial charge is 0.188 e. The van der Waals surface area contributed by atoms with Crippen molar-refractivity contribution in [2.24, 2.45) is 0 Å². The minimum Gasteiger partial charge on any atom is -0.496 e. The molecule has 1 aromatic heterocycles. The Kier molecular flexibility index (Phi) is 3.07. The number of ether oxygens (including phenoxy) is 4. The van der Waals surface area contributed by atoms with Crippen LogP contribution in [0.15, 0.2) is 22.7 Å². The van der Waals surface area contributed by atoms with Gasteiger partial charge in [0.2, 0.25) is 0 Å². The molecule has 0 unspecified atom stereocenters. The SMILES string of the molecule is COc1ccc2c(c1C1OCCO1)-c1noc3c(C)c(C)cc(c13)O2. The van der Waals surface area contributed by atoms with Crippen LogP contribution in [0.4, 0.5) is 0 Å². The van der Waals surface area contributed by atoms with Crippen molar-refractivity contribution in [2.45, 2.75) is 20.1 Å². The van der Waals surface area contributed by atoms with Crippen molar-refractivity contribution in [1.82, 2.24) is 5.16 Å². The predicted octanol–water partition coefficient (Wildman–Crippen LogP) is 4.27. The Morgan fingerprint density at radius 1 is 1.12 bits per heavy atom. The predicted molar refractivity (Wildman–Crippen MR) is 90.2 cm³/mol. The number of methoxy groups -OCH3 is 1. The first-order valence-corrected chi connectivity index (χ1v) is 8.21. The Morgan fingerprint density at radius 2 is 1.92 bits per heavy atom. The van der Waals surface area contributed by atoms with Crippen molar-refractivity contribution in [3.63, 3.8) is 0 Å². The second-order valence-corrected chi connectivity index (χ2v) is 6.28. The molecule has 0 saturated carbocycles. The van der Waals surface area contributed by atoms with Gasteiger partial charge in [0.1, 0.15) is 22.9 Å². The molecule has 0 bridgehead atoms. The summed E-state index contributed by atoms with van der Waals surface area (Å²) in [7, 11) is 1.63. The Labute approximate surface area is 144 Å². The first kappa shape index (κ1) is 14.7. The van der Waals surface area contributed by atoms with E-state index in [0.717, 1.165) is 44.7 Å². The lowest BCUT2D eigenvalue weighted by molar-refractivity contribution is -0.0451. The van der Waals surface area contributed by atoms with Gasteiger partial charge in [-0.05, 0) is 43.2 Å². The van der Waals surface area contributed by atoms with Gasteiger partial charge in [-0.1, -0.05) is 5.16 Å². The molecule has 0 aliphatic carbocycles. The summed E-state index contributed by atoms with van der Waals surface area (Å²) in [5.41, 5.74) is 5.24. The van der Waals surface area contributed by atoms with Gasteiger partial charge in [0.25, 0.3) is 0 Å². The van der Waals surface area contributed by atoms with Gasteiger partial charge in [0.15, 0.2) is 11.9 Å². The molecule has 0 spiro atoms. The summed E-state index contributed by atoms with van der Waals surface area (Å²) in [6, 6.07) is 5.77. The fourth-order valence-electron chi connectivity index (χ4n) is 3.55. The molecule has 2 aromatic carbocycles. The summed E-state index contributed by atoms with van der Waals surface area (Å²) in [5.74, 6) is 2.13. The molecular formula is C19H17NO5. The molecule has 5 rings (SSSR count). The van der Waals surface area contributed by atoms with E-state index < -0.39 is 6.29 Å². The third-order valence-corrected chi connectivity index (χ3v) is 4.92. The maximum absolute atomic E-state index is 6.18. The third-order valence-electron chi connectivity index (χ3n) is 4.92. The average Bonchev–Trinajstić information content (AvgIpc) is 3.29. The van der Waals surface area contributed by atoms with Gasteiger partial charge in [0.05, 0.1) is 36.8 Å². The lowest BCUT2D eigenvalue weighted by Gasteiger charge is -2.23. The van der Waals surface area contributed by atoms with Gasteiger partial charge in [0, 0.05) is 0 Å². The van der Waals surface area contributed by atoms with Crippen molar-refractivity contribution in [1.29, 1.82) is 0 Å². The fourth-order valence-corrected chi connectivity index (χ4v) is 3.55. The van der Waals surface area contributed by atoms with Gasteiger partial charge in [-0.15, -0.1) is 0 Å². The van der Waals surface area contributed by atoms with Crippen molar-refractivity contribution >= 4 is 11.0 Å². The summed E-state index contributed by atoms with van der Waals surface area (Å²) < 4.78 is 28.9. The molecule has 0 atom stereocenters. The zero-order valence-corrected chi connectivity index (χ0v) is 14.2. The Hall–Kier alpha value is -2.57. The topological polar surface area (TPSA) is 63.0 Å². The molecule has 1 saturated heterocycles. The van der Waals surface area contributed by atoms with E-state index in [9.17, 15) is 0 Å². The fraction of sp³-hybridized carbons (Fsp3) is 0.316. The largest absolute Gasteiger partial charge is 0.496 e. The van der Waals surface area contributed by atoms with Crippen LogP contribution in [0.25, 0.3) is 22.2 Å². The van der Waals surface area contributed by atoms with E-state index in [2.05, 4.69) is 5.16 Å². The number of hydrogen-bond donors (Lipinski definition) is 0. The monoisotopic (exact) mass is 339 g/mol. The minimum absolute atomic E-state index is 0.506. The quantitative estimate of drug-likeness (QED) is 0.543. The summed E-state index contributed by atoms with van der Waals surface area (Å²) in [5, 5.41) is 5.23. The number of rotatable bonds is 2. The zero-order chi connectivity index (χ0) is 17.1. The van der Waals surface area contributed by atoms with Crippen LogP contribution in [0.3, 0.4) is 0 Å². The van der Waals surface area contributed by atoms with Crippen LogP contribution in [0, 0.1) is 13.8 Å². The molecule has 6 nitrogen and oxygen atoms in total. The molecule has 0 radical (unpaired) electrons. The van der Waals surface area contributed by atoms with Crippen LogP contribution in [-0.4, -0.2) is 25.5 Å². The number of fused-ring (bicyclic) bond motifs is 2. The Bertz CT molecular complexity index is 1000. The molecule has 6 heteroatoms. The third kappa shape index (κ3) is 1.95. The summed E-state index contributed by atoms with van der Waals surface area (Å²) in [6.07, 6.45) is -0.506. The first-order valence-electron chi connectivity index (χ1n) is 8.21. The second kappa shape index (κ2) is 5.21. The maximum atomic E-state index is 6.18. The summed E-state index contributed by atoms with van der Waals surface area (Å²) in [6.45, 7) is 5.14. The van der Waals surface area contributed by atoms with E-state index in [1.807, 2.05) is 32.0 Å². The van der Waals surface area contributed by atoms with Gasteiger partial charge in [-0.2, -0.15) is 0 Å². The zero-order valence-electron chi connectivity index (χ0n) is 14.2. The number of aryl methyl sites for hydroxylation is 2. The number of aromatic nitrogens is 1. The van der Waals surface area contributed by atoms with E-state index in [1.54, 1.807) is 7.11 Å². The van der Waals surface area contributed by atoms with Gasteiger partial charge < -0.3 is 23.5 Å². The molecule has 1 fully saturated rings. The molecule has 3 heterocycles. The van der Waals surface area contributed by atoms with Gasteiger partial charge in [-0.3, -0.25) is 0 Å². The van der Waals surface area contributed by atoms with Crippen molar-refractivity contribution < 1.29 is 23.5 Å². The van der Waals surface area contributed by atoms with Gasteiger partial charge >= 0.3 is 0 Å². The van der Waals surface area contributed by atoms with E-state index in [1.165, 1.54) is 0 Å². The van der Waals surface area contributed by atoms with Crippen molar-refractivity contribution in [3.05, 3.63) is 34.9 Å². The molecule has 25 heavy (non-hydrogen) atoms. The van der Waals surface area contributed by atoms with Crippen LogP contribution in [-0.2, 0) is 9.47 Å². The number of nitrogens with zero attached hydrogens (tertiary/aromatic N) is 1. The van der Waals surface area contributed by atoms with Crippen LogP contribution in [0.1, 0.15) is 23.0 Å². The van der Waals surface area contributed by atoms with Gasteiger partial charge in [-0.25, -0.2) is 0 Å². The Balaban J connectivity index is 1.85. The minimum atomic E-state index is -0.506. The van der Waals surface area contributed by atoms with Crippen LogP contribution >= 0.6 is 0 Å². The van der Waals surface area contributed by atoms with E-state index >= 15 is 0 Å². The van der Waals surface area contributed by atoms with Crippen LogP contribution in [0.5, 0.6) is 17.2 Å². The molecule has 2 aliphatic rings. The lowest BCUT2D eigenvalue weighted by atomic mass is 9.95. The average molecular weight is 339 g/mol. The van der Waals surface area contributed by atoms with Crippen LogP contribution < -0.4 is 9.47 Å². The highest BCUT2D eigenvalue weighted by molar-refractivity contribution is 6.02. The molecule has 0 amide bonds. The highest BCUT2D eigenvalue weighted by atomic mass is 16.7. The number of hydrogen-bond acceptors (Lipinski definition) is 6. The van der Waals surface area contributed by atoms with Crippen molar-refractivity contribution in [2.75, 3.05) is 20.3 Å². The summed E-state index contributed by atoms with van der Waals surface area (Å²) in [4.78, 5) is 0. The molecular weight excluding hydrogens is 322 g/mol. The highest BCUT2D eigenvalue weighted by Gasteiger charge is 2.34. The maximum Gasteiger partial charge on any atom is 0.188 e. The molecule has 3 aromatic rings. The summed E-state index contributed by atoms with van der Waals surface area (Å²) >= 11 is 0. The molecule has 2 aliphatic heterocycles. The van der Waals surface area contributed by atoms with Crippen LogP contribution in [0.2, 0.25) is 0 Å². The second-order valence-electron chi connectivity index (χ2n) is 6.28. The first-order chi connectivity index (χ1) is 12.2. The standard InChI is InChI=1S/C19H17NO5/c1-9-8-13-16-17(20-25-18(16)10(9)2)14-12(24-13)5-4-11(21-3)15(14)19-22-6-7-23-19/h4-5,8,19H,6-7H2,1-3H3. The molecule has 0 N–H and O–H groups in total. The van der Waals surface area contributed by atoms with E-state index in [4.69, 9.17) is 23.5 Å². The Morgan fingerprint density at radius 3 is 2.68 bits per heavy atom. The van der Waals surface area contributed by atoms with E-state index in [0.29, 0.717) is 24.7 Å². The van der Waals surface area contributed by atoms with Crippen molar-refractivity contribution in [3.8, 4) is 28.5 Å². The lowest BCUT2D eigenvalue weighted by Crippen LogP contribution is -2.07. The van der Waals surface area contributed by atoms with E-state index in [-0.39, 0.29) is 0 Å². The molecule has 128 valence electrons.